The number of ether oxygens (including phenoxy) is 1. The number of aromatic nitrogens is 2. The van der Waals surface area contributed by atoms with Crippen molar-refractivity contribution < 1.29 is 9.53 Å². The van der Waals surface area contributed by atoms with Crippen molar-refractivity contribution >= 4 is 57.1 Å². The number of carbonyl (C=O) groups excluding carboxylic acids is 1. The lowest BCUT2D eigenvalue weighted by Crippen LogP contribution is -2.15. The number of hydrogen-bond acceptors (Lipinski definition) is 7. The van der Waals surface area contributed by atoms with Crippen LogP contribution >= 0.6 is 34.7 Å². The van der Waals surface area contributed by atoms with Crippen molar-refractivity contribution in [1.29, 1.82) is 0 Å². The van der Waals surface area contributed by atoms with Crippen LogP contribution in [-0.2, 0) is 4.79 Å². The van der Waals surface area contributed by atoms with Gasteiger partial charge in [0.1, 0.15) is 5.75 Å². The monoisotopic (exact) mass is 434 g/mol. The van der Waals surface area contributed by atoms with Crippen LogP contribution in [0.15, 0.2) is 40.7 Å². The van der Waals surface area contributed by atoms with Crippen molar-refractivity contribution in [3.05, 3.63) is 52.5 Å². The molecule has 3 rings (SSSR count). The van der Waals surface area contributed by atoms with E-state index >= 15 is 0 Å². The minimum absolute atomic E-state index is 0.145. The molecule has 2 N–H and O–H groups in total. The number of anilines is 3. The lowest BCUT2D eigenvalue weighted by Gasteiger charge is -2.11. The summed E-state index contributed by atoms with van der Waals surface area (Å²) < 4.78 is 6.01. The van der Waals surface area contributed by atoms with Crippen LogP contribution in [0.4, 0.5) is 16.5 Å². The molecule has 0 aliphatic rings. The second kappa shape index (κ2) is 9.27. The molecule has 1 amide bonds. The third-order valence-electron chi connectivity index (χ3n) is 3.78. The number of hydrogen-bond donors (Lipinski definition) is 2. The number of carbonyl (C=O) groups is 1. The molecule has 0 fully saturated rings. The molecule has 6 nitrogen and oxygen atoms in total. The Balaban J connectivity index is 1.58. The van der Waals surface area contributed by atoms with Gasteiger partial charge in [-0.05, 0) is 43.2 Å². The van der Waals surface area contributed by atoms with Crippen LogP contribution in [-0.4, -0.2) is 29.0 Å². The SMILES string of the molecule is COc1ccccc1Nc1nnc(SCC(=O)Nc2c(C)cc(C)cc2Cl)s1. The lowest BCUT2D eigenvalue weighted by atomic mass is 10.1. The van der Waals surface area contributed by atoms with Gasteiger partial charge in [-0.2, -0.15) is 0 Å². The van der Waals surface area contributed by atoms with Gasteiger partial charge in [-0.25, -0.2) is 0 Å². The molecule has 146 valence electrons. The molecule has 0 radical (unpaired) electrons. The largest absolute Gasteiger partial charge is 0.495 e. The highest BCUT2D eigenvalue weighted by Crippen LogP contribution is 2.32. The number of rotatable bonds is 7. The molecule has 0 spiro atoms. The van der Waals surface area contributed by atoms with Gasteiger partial charge in [0, 0.05) is 0 Å². The zero-order chi connectivity index (χ0) is 20.1. The molecule has 0 bridgehead atoms. The van der Waals surface area contributed by atoms with Gasteiger partial charge in [-0.1, -0.05) is 52.9 Å². The molecule has 0 saturated heterocycles. The second-order valence-electron chi connectivity index (χ2n) is 5.97. The van der Waals surface area contributed by atoms with Crippen LogP contribution in [0.5, 0.6) is 5.75 Å². The van der Waals surface area contributed by atoms with Crippen LogP contribution in [0.3, 0.4) is 0 Å². The minimum Gasteiger partial charge on any atom is -0.495 e. The molecule has 1 heterocycles. The van der Waals surface area contributed by atoms with Crippen molar-refractivity contribution in [3.63, 3.8) is 0 Å². The van der Waals surface area contributed by atoms with E-state index in [9.17, 15) is 4.79 Å². The average Bonchev–Trinajstić information content (AvgIpc) is 3.11. The van der Waals surface area contributed by atoms with Crippen LogP contribution in [0.2, 0.25) is 5.02 Å². The summed E-state index contributed by atoms with van der Waals surface area (Å²) in [7, 11) is 1.61. The molecular formula is C19H19ClN4O2S2. The third kappa shape index (κ3) is 5.15. The molecule has 0 aliphatic heterocycles. The van der Waals surface area contributed by atoms with Crippen molar-refractivity contribution in [2.24, 2.45) is 0 Å². The number of methoxy groups -OCH3 is 1. The summed E-state index contributed by atoms with van der Waals surface area (Å²) in [6.45, 7) is 3.88. The number of nitrogens with one attached hydrogen (secondary N) is 2. The Morgan fingerprint density at radius 1 is 1.25 bits per heavy atom. The van der Waals surface area contributed by atoms with Crippen molar-refractivity contribution in [2.75, 3.05) is 23.5 Å². The smallest absolute Gasteiger partial charge is 0.234 e. The molecule has 0 atom stereocenters. The molecule has 3 aromatic rings. The number of halogens is 1. The van der Waals surface area contributed by atoms with Gasteiger partial charge in [-0.15, -0.1) is 10.2 Å². The van der Waals surface area contributed by atoms with E-state index in [2.05, 4.69) is 20.8 Å². The van der Waals surface area contributed by atoms with Gasteiger partial charge in [0.15, 0.2) is 4.34 Å². The van der Waals surface area contributed by atoms with Gasteiger partial charge in [0.05, 0.1) is 29.3 Å². The Kier molecular flexibility index (Phi) is 6.77. The second-order valence-corrected chi connectivity index (χ2v) is 8.58. The van der Waals surface area contributed by atoms with Crippen LogP contribution in [0, 0.1) is 13.8 Å². The van der Waals surface area contributed by atoms with Gasteiger partial charge in [-0.3, -0.25) is 4.79 Å². The first-order valence-electron chi connectivity index (χ1n) is 8.39. The predicted octanol–water partition coefficient (Wildman–Crippen LogP) is 5.29. The number of benzene rings is 2. The third-order valence-corrected chi connectivity index (χ3v) is 6.05. The molecule has 28 heavy (non-hydrogen) atoms. The standard InChI is InChI=1S/C19H19ClN4O2S2/c1-11-8-12(2)17(13(20)9-11)22-16(25)10-27-19-24-23-18(28-19)21-14-6-4-5-7-15(14)26-3/h4-9H,10H2,1-3H3,(H,21,23)(H,22,25). The summed E-state index contributed by atoms with van der Waals surface area (Å²) in [5.41, 5.74) is 3.44. The van der Waals surface area contributed by atoms with E-state index in [0.717, 1.165) is 22.6 Å². The van der Waals surface area contributed by atoms with Crippen molar-refractivity contribution in [3.8, 4) is 5.75 Å². The molecular weight excluding hydrogens is 416 g/mol. The molecule has 2 aromatic carbocycles. The molecule has 0 unspecified atom stereocenters. The van der Waals surface area contributed by atoms with Gasteiger partial charge < -0.3 is 15.4 Å². The molecule has 9 heteroatoms. The van der Waals surface area contributed by atoms with E-state index < -0.39 is 0 Å². The maximum Gasteiger partial charge on any atom is 0.234 e. The summed E-state index contributed by atoms with van der Waals surface area (Å²) in [4.78, 5) is 12.3. The van der Waals surface area contributed by atoms with E-state index in [1.54, 1.807) is 7.11 Å². The highest BCUT2D eigenvalue weighted by atomic mass is 35.5. The number of nitrogens with zero attached hydrogens (tertiary/aromatic N) is 2. The number of aryl methyl sites for hydroxylation is 2. The summed E-state index contributed by atoms with van der Waals surface area (Å²) in [5.74, 6) is 0.789. The number of thioether (sulfide) groups is 1. The highest BCUT2D eigenvalue weighted by molar-refractivity contribution is 8.01. The maximum atomic E-state index is 12.3. The zero-order valence-corrected chi connectivity index (χ0v) is 18.0. The first-order chi connectivity index (χ1) is 13.5. The fourth-order valence-electron chi connectivity index (χ4n) is 2.56. The van der Waals surface area contributed by atoms with Gasteiger partial charge in [0.2, 0.25) is 11.0 Å². The van der Waals surface area contributed by atoms with Crippen molar-refractivity contribution in [1.82, 2.24) is 10.2 Å². The zero-order valence-electron chi connectivity index (χ0n) is 15.6. The number of para-hydroxylation sites is 2. The van der Waals surface area contributed by atoms with E-state index in [1.807, 2.05) is 50.2 Å². The summed E-state index contributed by atoms with van der Waals surface area (Å²) >= 11 is 8.93. The summed E-state index contributed by atoms with van der Waals surface area (Å²) in [6.07, 6.45) is 0. The Bertz CT molecular complexity index is 971. The highest BCUT2D eigenvalue weighted by Gasteiger charge is 2.12. The van der Waals surface area contributed by atoms with Gasteiger partial charge >= 0.3 is 0 Å². The lowest BCUT2D eigenvalue weighted by molar-refractivity contribution is -0.113. The number of amides is 1. The Labute approximate surface area is 176 Å². The topological polar surface area (TPSA) is 76.1 Å². The maximum absolute atomic E-state index is 12.3. The summed E-state index contributed by atoms with van der Waals surface area (Å²) in [6, 6.07) is 11.4. The predicted molar refractivity (Wildman–Crippen MR) is 116 cm³/mol. The van der Waals surface area contributed by atoms with Crippen LogP contribution < -0.4 is 15.4 Å². The first kappa shape index (κ1) is 20.4. The Morgan fingerprint density at radius 3 is 2.79 bits per heavy atom. The Morgan fingerprint density at radius 2 is 2.04 bits per heavy atom. The van der Waals surface area contributed by atoms with Gasteiger partial charge in [0.25, 0.3) is 0 Å². The van der Waals surface area contributed by atoms with Crippen molar-refractivity contribution in [2.45, 2.75) is 18.2 Å². The van der Waals surface area contributed by atoms with E-state index in [0.29, 0.717) is 20.2 Å². The average molecular weight is 435 g/mol. The van der Waals surface area contributed by atoms with E-state index in [1.165, 1.54) is 23.1 Å². The Hall–Kier alpha value is -2.29. The first-order valence-corrected chi connectivity index (χ1v) is 10.6. The van der Waals surface area contributed by atoms with Crippen LogP contribution in [0.1, 0.15) is 11.1 Å². The molecule has 1 aromatic heterocycles. The normalized spacial score (nSPS) is 10.6. The minimum atomic E-state index is -0.145. The van der Waals surface area contributed by atoms with Crippen LogP contribution in [0.25, 0.3) is 0 Å². The molecule has 0 aliphatic carbocycles. The summed E-state index contributed by atoms with van der Waals surface area (Å²) in [5, 5.41) is 15.4. The van der Waals surface area contributed by atoms with E-state index in [4.69, 9.17) is 16.3 Å². The molecule has 0 saturated carbocycles. The fourth-order valence-corrected chi connectivity index (χ4v) is 4.49. The van der Waals surface area contributed by atoms with E-state index in [-0.39, 0.29) is 11.7 Å². The fraction of sp³-hybridized carbons (Fsp3) is 0.211. The quantitative estimate of drug-likeness (QED) is 0.492.